The summed E-state index contributed by atoms with van der Waals surface area (Å²) in [4.78, 5) is 18.8. The van der Waals surface area contributed by atoms with Gasteiger partial charge in [-0.25, -0.2) is 4.39 Å². The molecule has 0 aliphatic carbocycles. The van der Waals surface area contributed by atoms with E-state index in [-0.39, 0.29) is 18.3 Å². The number of hydrogen-bond acceptors (Lipinski definition) is 4. The molecule has 0 aliphatic heterocycles. The predicted molar refractivity (Wildman–Crippen MR) is 115 cm³/mol. The Hall–Kier alpha value is -3.67. The van der Waals surface area contributed by atoms with E-state index in [4.69, 9.17) is 9.47 Å². The molecule has 3 aromatic rings. The van der Waals surface area contributed by atoms with E-state index in [0.29, 0.717) is 23.8 Å². The molecule has 6 heteroatoms. The number of ether oxygens (including phenoxy) is 2. The van der Waals surface area contributed by atoms with Crippen LogP contribution in [0, 0.1) is 5.82 Å². The average molecular weight is 406 g/mol. The van der Waals surface area contributed by atoms with Gasteiger partial charge in [0.1, 0.15) is 5.82 Å². The molecule has 0 radical (unpaired) electrons. The zero-order chi connectivity index (χ0) is 21.3. The van der Waals surface area contributed by atoms with Gasteiger partial charge in [-0.05, 0) is 67.1 Å². The van der Waals surface area contributed by atoms with E-state index in [1.807, 2.05) is 31.2 Å². The summed E-state index contributed by atoms with van der Waals surface area (Å²) in [7, 11) is 1.57. The fraction of sp³-hybridized carbons (Fsp3) is 0.167. The van der Waals surface area contributed by atoms with Crippen LogP contribution in [0.25, 0.3) is 6.08 Å². The molecule has 154 valence electrons. The highest BCUT2D eigenvalue weighted by Gasteiger charge is 2.15. The Bertz CT molecular complexity index is 1000. The summed E-state index contributed by atoms with van der Waals surface area (Å²) >= 11 is 0. The standard InChI is InChI=1S/C24H23FN2O3/c1-3-30-22-13-7-18(16-23(22)29-2)8-14-24(28)27(17-20-6-4-5-15-26-20)21-11-9-19(25)10-12-21/h4-16H,3,17H2,1-2H3/b14-8+. The molecule has 5 nitrogen and oxygen atoms in total. The summed E-state index contributed by atoms with van der Waals surface area (Å²) in [6.07, 6.45) is 4.85. The molecule has 0 saturated carbocycles. The van der Waals surface area contributed by atoms with Gasteiger partial charge < -0.3 is 14.4 Å². The number of amides is 1. The zero-order valence-corrected chi connectivity index (χ0v) is 16.9. The molecule has 0 atom stereocenters. The number of anilines is 1. The highest BCUT2D eigenvalue weighted by molar-refractivity contribution is 6.03. The third kappa shape index (κ3) is 5.44. The molecule has 1 aromatic heterocycles. The number of nitrogens with zero attached hydrogens (tertiary/aromatic N) is 2. The fourth-order valence-electron chi connectivity index (χ4n) is 2.89. The molecule has 0 bridgehead atoms. The minimum atomic E-state index is -0.360. The average Bonchev–Trinajstić information content (AvgIpc) is 2.78. The number of halogens is 1. The van der Waals surface area contributed by atoms with E-state index in [1.165, 1.54) is 18.2 Å². The molecular formula is C24H23FN2O3. The van der Waals surface area contributed by atoms with Crippen LogP contribution in [-0.2, 0) is 11.3 Å². The van der Waals surface area contributed by atoms with Crippen LogP contribution in [-0.4, -0.2) is 24.6 Å². The van der Waals surface area contributed by atoms with Crippen molar-refractivity contribution in [2.45, 2.75) is 13.5 Å². The highest BCUT2D eigenvalue weighted by Crippen LogP contribution is 2.28. The second-order valence-electron chi connectivity index (χ2n) is 6.40. The smallest absolute Gasteiger partial charge is 0.251 e. The molecule has 3 rings (SSSR count). The maximum Gasteiger partial charge on any atom is 0.251 e. The number of aromatic nitrogens is 1. The van der Waals surface area contributed by atoms with Crippen molar-refractivity contribution in [3.63, 3.8) is 0 Å². The van der Waals surface area contributed by atoms with Gasteiger partial charge in [0.25, 0.3) is 5.91 Å². The molecule has 2 aromatic carbocycles. The first-order valence-corrected chi connectivity index (χ1v) is 9.56. The van der Waals surface area contributed by atoms with Gasteiger partial charge in [-0.3, -0.25) is 9.78 Å². The van der Waals surface area contributed by atoms with E-state index < -0.39 is 0 Å². The first kappa shape index (κ1) is 21.0. The van der Waals surface area contributed by atoms with Crippen molar-refractivity contribution in [3.05, 3.63) is 90.0 Å². The number of benzene rings is 2. The Balaban J connectivity index is 1.84. The molecule has 0 fully saturated rings. The number of methoxy groups -OCH3 is 1. The van der Waals surface area contributed by atoms with Gasteiger partial charge in [0.05, 0.1) is 26.0 Å². The first-order valence-electron chi connectivity index (χ1n) is 9.56. The Labute approximate surface area is 175 Å². The van der Waals surface area contributed by atoms with Crippen LogP contribution in [0.3, 0.4) is 0 Å². The zero-order valence-electron chi connectivity index (χ0n) is 16.9. The Morgan fingerprint density at radius 1 is 1.10 bits per heavy atom. The number of pyridine rings is 1. The van der Waals surface area contributed by atoms with E-state index in [0.717, 1.165) is 11.3 Å². The van der Waals surface area contributed by atoms with Gasteiger partial charge in [-0.2, -0.15) is 0 Å². The summed E-state index contributed by atoms with van der Waals surface area (Å²) in [6.45, 7) is 2.70. The lowest BCUT2D eigenvalue weighted by Gasteiger charge is -2.21. The van der Waals surface area contributed by atoms with Crippen molar-refractivity contribution in [2.75, 3.05) is 18.6 Å². The van der Waals surface area contributed by atoms with Crippen molar-refractivity contribution in [1.29, 1.82) is 0 Å². The van der Waals surface area contributed by atoms with Crippen LogP contribution in [0.15, 0.2) is 72.9 Å². The van der Waals surface area contributed by atoms with E-state index in [1.54, 1.807) is 48.5 Å². The van der Waals surface area contributed by atoms with E-state index >= 15 is 0 Å². The molecule has 0 spiro atoms. The van der Waals surface area contributed by atoms with Gasteiger partial charge in [0.2, 0.25) is 0 Å². The quantitative estimate of drug-likeness (QED) is 0.501. The topological polar surface area (TPSA) is 51.7 Å². The number of carbonyl (C=O) groups excluding carboxylic acids is 1. The lowest BCUT2D eigenvalue weighted by molar-refractivity contribution is -0.114. The Morgan fingerprint density at radius 2 is 1.90 bits per heavy atom. The summed E-state index contributed by atoms with van der Waals surface area (Å²) in [5.74, 6) is 0.628. The maximum absolute atomic E-state index is 13.4. The van der Waals surface area contributed by atoms with Crippen molar-refractivity contribution in [2.24, 2.45) is 0 Å². The Kier molecular flexibility index (Phi) is 7.16. The minimum Gasteiger partial charge on any atom is -0.493 e. The van der Waals surface area contributed by atoms with Crippen LogP contribution in [0.5, 0.6) is 11.5 Å². The molecule has 0 N–H and O–H groups in total. The second-order valence-corrected chi connectivity index (χ2v) is 6.40. The molecule has 0 unspecified atom stereocenters. The van der Waals surface area contributed by atoms with Crippen molar-refractivity contribution in [1.82, 2.24) is 4.98 Å². The van der Waals surface area contributed by atoms with Gasteiger partial charge in [0, 0.05) is 18.0 Å². The van der Waals surface area contributed by atoms with Crippen LogP contribution >= 0.6 is 0 Å². The van der Waals surface area contributed by atoms with Crippen molar-refractivity contribution < 1.29 is 18.7 Å². The van der Waals surface area contributed by atoms with Gasteiger partial charge >= 0.3 is 0 Å². The van der Waals surface area contributed by atoms with Crippen LogP contribution in [0.2, 0.25) is 0 Å². The summed E-state index contributed by atoms with van der Waals surface area (Å²) in [5.41, 5.74) is 2.10. The fourth-order valence-corrected chi connectivity index (χ4v) is 2.89. The van der Waals surface area contributed by atoms with Gasteiger partial charge in [0.15, 0.2) is 11.5 Å². The summed E-state index contributed by atoms with van der Waals surface area (Å²) < 4.78 is 24.2. The lowest BCUT2D eigenvalue weighted by Crippen LogP contribution is -2.29. The normalized spacial score (nSPS) is 10.8. The summed E-state index contributed by atoms with van der Waals surface area (Å²) in [6, 6.07) is 16.8. The van der Waals surface area contributed by atoms with Crippen molar-refractivity contribution in [3.8, 4) is 11.5 Å². The molecular weight excluding hydrogens is 383 g/mol. The molecule has 1 heterocycles. The minimum absolute atomic E-state index is 0.250. The molecule has 1 amide bonds. The van der Waals surface area contributed by atoms with E-state index in [2.05, 4.69) is 4.98 Å². The number of hydrogen-bond donors (Lipinski definition) is 0. The van der Waals surface area contributed by atoms with Gasteiger partial charge in [-0.15, -0.1) is 0 Å². The SMILES string of the molecule is CCOc1ccc(/C=C/C(=O)N(Cc2ccccn2)c2ccc(F)cc2)cc1OC. The summed E-state index contributed by atoms with van der Waals surface area (Å²) in [5, 5.41) is 0. The van der Waals surface area contributed by atoms with Crippen LogP contribution in [0.1, 0.15) is 18.2 Å². The van der Waals surface area contributed by atoms with Crippen LogP contribution in [0.4, 0.5) is 10.1 Å². The lowest BCUT2D eigenvalue weighted by atomic mass is 10.1. The monoisotopic (exact) mass is 406 g/mol. The maximum atomic E-state index is 13.4. The third-order valence-corrected chi connectivity index (χ3v) is 4.36. The van der Waals surface area contributed by atoms with Gasteiger partial charge in [-0.1, -0.05) is 12.1 Å². The predicted octanol–water partition coefficient (Wildman–Crippen LogP) is 4.87. The largest absolute Gasteiger partial charge is 0.493 e. The van der Waals surface area contributed by atoms with E-state index in [9.17, 15) is 9.18 Å². The number of rotatable bonds is 8. The first-order chi connectivity index (χ1) is 14.6. The third-order valence-electron chi connectivity index (χ3n) is 4.36. The Morgan fingerprint density at radius 3 is 2.57 bits per heavy atom. The molecule has 30 heavy (non-hydrogen) atoms. The highest BCUT2D eigenvalue weighted by atomic mass is 19.1. The number of carbonyl (C=O) groups is 1. The molecule has 0 aliphatic rings. The van der Waals surface area contributed by atoms with Crippen LogP contribution < -0.4 is 14.4 Å². The van der Waals surface area contributed by atoms with Crippen molar-refractivity contribution >= 4 is 17.7 Å². The molecule has 0 saturated heterocycles. The second kappa shape index (κ2) is 10.2.